The van der Waals surface area contributed by atoms with Crippen molar-refractivity contribution in [1.29, 1.82) is 0 Å². The lowest BCUT2D eigenvalue weighted by Gasteiger charge is -2.38. The zero-order valence-electron chi connectivity index (χ0n) is 11.5. The van der Waals surface area contributed by atoms with Crippen molar-refractivity contribution in [2.45, 2.75) is 37.3 Å². The highest BCUT2D eigenvalue weighted by Gasteiger charge is 2.32. The Balaban J connectivity index is 1.77. The molecule has 1 aromatic rings. The topological polar surface area (TPSA) is 32.3 Å². The van der Waals surface area contributed by atoms with E-state index in [4.69, 9.17) is 11.6 Å². The Labute approximate surface area is 124 Å². The van der Waals surface area contributed by atoms with E-state index in [2.05, 4.69) is 11.4 Å². The molecule has 1 aliphatic rings. The Kier molecular flexibility index (Phi) is 5.18. The Morgan fingerprint density at radius 3 is 2.74 bits per heavy atom. The summed E-state index contributed by atoms with van der Waals surface area (Å²) in [5.74, 6) is 1.33. The molecule has 1 aromatic carbocycles. The van der Waals surface area contributed by atoms with Gasteiger partial charge in [-0.3, -0.25) is 0 Å². The lowest BCUT2D eigenvalue weighted by atomic mass is 9.75. The van der Waals surface area contributed by atoms with Crippen LogP contribution in [0.25, 0.3) is 0 Å². The van der Waals surface area contributed by atoms with Gasteiger partial charge in [-0.1, -0.05) is 29.8 Å². The number of hydrogen-bond acceptors (Lipinski definition) is 3. The van der Waals surface area contributed by atoms with E-state index in [1.165, 1.54) is 5.56 Å². The van der Waals surface area contributed by atoms with Gasteiger partial charge in [0, 0.05) is 23.4 Å². The molecule has 0 aromatic heterocycles. The van der Waals surface area contributed by atoms with Crippen molar-refractivity contribution in [2.24, 2.45) is 0 Å². The molecule has 19 heavy (non-hydrogen) atoms. The van der Waals surface area contributed by atoms with E-state index in [0.29, 0.717) is 18.5 Å². The van der Waals surface area contributed by atoms with Crippen LogP contribution in [0.5, 0.6) is 0 Å². The van der Waals surface area contributed by atoms with Crippen LogP contribution >= 0.6 is 23.4 Å². The summed E-state index contributed by atoms with van der Waals surface area (Å²) in [7, 11) is 0. The molecular formula is C15H22ClNOS. The number of thioether (sulfide) groups is 1. The molecule has 0 spiro atoms. The van der Waals surface area contributed by atoms with Crippen molar-refractivity contribution < 1.29 is 5.11 Å². The highest BCUT2D eigenvalue weighted by atomic mass is 35.5. The van der Waals surface area contributed by atoms with Crippen LogP contribution in [0.4, 0.5) is 0 Å². The van der Waals surface area contributed by atoms with E-state index in [-0.39, 0.29) is 0 Å². The summed E-state index contributed by atoms with van der Waals surface area (Å²) in [6.45, 7) is 2.55. The predicted octanol–water partition coefficient (Wildman–Crippen LogP) is 3.29. The molecule has 1 unspecified atom stereocenters. The molecule has 4 heteroatoms. The SMILES string of the molecule is CSCC(C)(O)CNC1CC(c2ccccc2Cl)C1. The van der Waals surface area contributed by atoms with Crippen LogP contribution in [-0.4, -0.2) is 35.3 Å². The van der Waals surface area contributed by atoms with E-state index >= 15 is 0 Å². The molecular weight excluding hydrogens is 278 g/mol. The van der Waals surface area contributed by atoms with Gasteiger partial charge in [0.1, 0.15) is 0 Å². The Morgan fingerprint density at radius 1 is 1.42 bits per heavy atom. The molecule has 0 amide bonds. The third-order valence-electron chi connectivity index (χ3n) is 3.71. The molecule has 0 saturated heterocycles. The standard InChI is InChI=1S/C15H22ClNOS/c1-15(18,10-19-2)9-17-12-7-11(8-12)13-5-3-4-6-14(13)16/h3-6,11-12,17-18H,7-10H2,1-2H3. The molecule has 1 atom stereocenters. The highest BCUT2D eigenvalue weighted by molar-refractivity contribution is 7.98. The number of benzene rings is 1. The van der Waals surface area contributed by atoms with Gasteiger partial charge in [0.2, 0.25) is 0 Å². The summed E-state index contributed by atoms with van der Waals surface area (Å²) in [5.41, 5.74) is 0.646. The Bertz CT molecular complexity index is 418. The molecule has 1 saturated carbocycles. The molecule has 0 heterocycles. The zero-order valence-corrected chi connectivity index (χ0v) is 13.1. The van der Waals surface area contributed by atoms with Crippen LogP contribution in [0.3, 0.4) is 0 Å². The smallest absolute Gasteiger partial charge is 0.0833 e. The molecule has 1 fully saturated rings. The van der Waals surface area contributed by atoms with Crippen molar-refractivity contribution in [2.75, 3.05) is 18.6 Å². The van der Waals surface area contributed by atoms with Gasteiger partial charge in [0.25, 0.3) is 0 Å². The first-order valence-corrected chi connectivity index (χ1v) is 8.48. The van der Waals surface area contributed by atoms with Crippen LogP contribution in [-0.2, 0) is 0 Å². The van der Waals surface area contributed by atoms with Crippen molar-refractivity contribution in [3.05, 3.63) is 34.9 Å². The molecule has 2 nitrogen and oxygen atoms in total. The second-order valence-corrected chi connectivity index (χ2v) is 6.97. The van der Waals surface area contributed by atoms with Crippen molar-refractivity contribution in [1.82, 2.24) is 5.32 Å². The molecule has 106 valence electrons. The van der Waals surface area contributed by atoms with E-state index in [9.17, 15) is 5.11 Å². The second-order valence-electron chi connectivity index (χ2n) is 5.70. The number of aliphatic hydroxyl groups is 1. The maximum Gasteiger partial charge on any atom is 0.0833 e. The maximum atomic E-state index is 10.1. The molecule has 0 aliphatic heterocycles. The molecule has 2 rings (SSSR count). The van der Waals surface area contributed by atoms with Gasteiger partial charge >= 0.3 is 0 Å². The third kappa shape index (κ3) is 4.12. The molecule has 2 N–H and O–H groups in total. The number of hydrogen-bond donors (Lipinski definition) is 2. The van der Waals surface area contributed by atoms with Crippen molar-refractivity contribution >= 4 is 23.4 Å². The van der Waals surface area contributed by atoms with Crippen LogP contribution in [0.2, 0.25) is 5.02 Å². The minimum Gasteiger partial charge on any atom is -0.388 e. The van der Waals surface area contributed by atoms with Crippen molar-refractivity contribution in [3.8, 4) is 0 Å². The summed E-state index contributed by atoms with van der Waals surface area (Å²) in [6, 6.07) is 8.61. The summed E-state index contributed by atoms with van der Waals surface area (Å²) < 4.78 is 0. The summed E-state index contributed by atoms with van der Waals surface area (Å²) >= 11 is 7.88. The Hall–Kier alpha value is -0.220. The fraction of sp³-hybridized carbons (Fsp3) is 0.600. The van der Waals surface area contributed by atoms with Crippen LogP contribution < -0.4 is 5.32 Å². The monoisotopic (exact) mass is 299 g/mol. The maximum absolute atomic E-state index is 10.1. The molecule has 1 aliphatic carbocycles. The van der Waals surface area contributed by atoms with Gasteiger partial charge in [0.05, 0.1) is 5.60 Å². The van der Waals surface area contributed by atoms with Gasteiger partial charge in [-0.05, 0) is 43.6 Å². The fourth-order valence-corrected chi connectivity index (χ4v) is 3.58. The van der Waals surface area contributed by atoms with Gasteiger partial charge < -0.3 is 10.4 Å². The largest absolute Gasteiger partial charge is 0.388 e. The highest BCUT2D eigenvalue weighted by Crippen LogP contribution is 2.39. The average Bonchev–Trinajstić information content (AvgIpc) is 2.29. The quantitative estimate of drug-likeness (QED) is 0.845. The minimum absolute atomic E-state index is 0.509. The first kappa shape index (κ1) is 15.2. The van der Waals surface area contributed by atoms with Crippen LogP contribution in [0.15, 0.2) is 24.3 Å². The van der Waals surface area contributed by atoms with Crippen LogP contribution in [0, 0.1) is 0 Å². The van der Waals surface area contributed by atoms with Crippen molar-refractivity contribution in [3.63, 3.8) is 0 Å². The van der Waals surface area contributed by atoms with E-state index < -0.39 is 5.60 Å². The lowest BCUT2D eigenvalue weighted by molar-refractivity contribution is 0.0756. The normalized spacial score (nSPS) is 25.7. The van der Waals surface area contributed by atoms with Gasteiger partial charge in [0.15, 0.2) is 0 Å². The van der Waals surface area contributed by atoms with Gasteiger partial charge in [-0.25, -0.2) is 0 Å². The van der Waals surface area contributed by atoms with Crippen LogP contribution in [0.1, 0.15) is 31.2 Å². The Morgan fingerprint density at radius 2 is 2.11 bits per heavy atom. The average molecular weight is 300 g/mol. The first-order chi connectivity index (χ1) is 9.02. The van der Waals surface area contributed by atoms with E-state index in [1.54, 1.807) is 11.8 Å². The first-order valence-electron chi connectivity index (χ1n) is 6.71. The number of halogens is 1. The fourth-order valence-electron chi connectivity index (χ4n) is 2.57. The van der Waals surface area contributed by atoms with Gasteiger partial charge in [-0.15, -0.1) is 0 Å². The van der Waals surface area contributed by atoms with E-state index in [1.807, 2.05) is 31.4 Å². The molecule has 0 radical (unpaired) electrons. The van der Waals surface area contributed by atoms with E-state index in [0.717, 1.165) is 23.6 Å². The predicted molar refractivity (Wildman–Crippen MR) is 84.2 cm³/mol. The second kappa shape index (κ2) is 6.49. The summed E-state index contributed by atoms with van der Waals surface area (Å²) in [4.78, 5) is 0. The summed E-state index contributed by atoms with van der Waals surface area (Å²) in [5, 5.41) is 14.4. The number of rotatable bonds is 6. The number of nitrogens with one attached hydrogen (secondary N) is 1. The summed E-state index contributed by atoms with van der Waals surface area (Å²) in [6.07, 6.45) is 4.24. The third-order valence-corrected chi connectivity index (χ3v) is 4.96. The zero-order chi connectivity index (χ0) is 13.9. The minimum atomic E-state index is -0.616. The van der Waals surface area contributed by atoms with Gasteiger partial charge in [-0.2, -0.15) is 11.8 Å². The lowest BCUT2D eigenvalue weighted by Crippen LogP contribution is -2.48. The molecule has 0 bridgehead atoms.